The number of aromatic nitrogens is 1. The minimum Gasteiger partial charge on any atom is -0.306 e. The molecule has 0 aliphatic heterocycles. The molecule has 0 saturated heterocycles. The molecule has 0 aromatic carbocycles. The number of pyridine rings is 1. The van der Waals surface area contributed by atoms with Crippen molar-refractivity contribution < 1.29 is 0 Å². The molecule has 0 saturated carbocycles. The Labute approximate surface area is 111 Å². The number of aryl methyl sites for hydroxylation is 1. The molecule has 1 unspecified atom stereocenters. The monoisotopic (exact) mass is 244 g/mol. The summed E-state index contributed by atoms with van der Waals surface area (Å²) >= 11 is 0. The van der Waals surface area contributed by atoms with Crippen LogP contribution >= 0.6 is 0 Å². The van der Waals surface area contributed by atoms with Crippen molar-refractivity contribution in [2.75, 3.05) is 6.54 Å². The minimum absolute atomic E-state index is 0.313. The average molecular weight is 244 g/mol. The predicted molar refractivity (Wildman–Crippen MR) is 76.6 cm³/mol. The maximum Gasteiger partial charge on any atom is 0.0710 e. The van der Waals surface area contributed by atoms with Crippen LogP contribution in [0.3, 0.4) is 0 Å². The molecular formula is C16H24N2. The van der Waals surface area contributed by atoms with Gasteiger partial charge in [0.2, 0.25) is 0 Å². The van der Waals surface area contributed by atoms with Gasteiger partial charge in [0.15, 0.2) is 0 Å². The Balaban J connectivity index is 2.24. The Morgan fingerprint density at radius 1 is 1.28 bits per heavy atom. The first-order valence-corrected chi connectivity index (χ1v) is 7.17. The third-order valence-electron chi connectivity index (χ3n) is 3.56. The number of allylic oxidation sites excluding steroid dienone is 1. The van der Waals surface area contributed by atoms with E-state index in [-0.39, 0.29) is 0 Å². The van der Waals surface area contributed by atoms with Gasteiger partial charge < -0.3 is 5.32 Å². The van der Waals surface area contributed by atoms with Crippen LogP contribution in [0.25, 0.3) is 0 Å². The summed E-state index contributed by atoms with van der Waals surface area (Å²) in [5.41, 5.74) is 3.81. The number of likely N-dealkylation sites (N-methyl/N-ethyl adjacent to an activating group) is 1. The van der Waals surface area contributed by atoms with E-state index in [0.717, 1.165) is 12.2 Å². The Kier molecular flexibility index (Phi) is 4.94. The molecule has 0 fully saturated rings. The number of hydrogen-bond donors (Lipinski definition) is 1. The predicted octanol–water partition coefficient (Wildman–Crippen LogP) is 3.93. The molecule has 18 heavy (non-hydrogen) atoms. The molecule has 0 amide bonds. The molecule has 1 aliphatic carbocycles. The molecule has 1 aromatic rings. The first-order valence-electron chi connectivity index (χ1n) is 7.17. The van der Waals surface area contributed by atoms with Crippen LogP contribution in [0.1, 0.15) is 56.5 Å². The number of nitrogens with zero attached hydrogens (tertiary/aromatic N) is 1. The van der Waals surface area contributed by atoms with E-state index in [1.165, 1.54) is 43.4 Å². The van der Waals surface area contributed by atoms with Gasteiger partial charge in [-0.3, -0.25) is 4.98 Å². The van der Waals surface area contributed by atoms with Gasteiger partial charge in [-0.25, -0.2) is 0 Å². The molecule has 1 atom stereocenters. The van der Waals surface area contributed by atoms with Crippen LogP contribution in [0.5, 0.6) is 0 Å². The van der Waals surface area contributed by atoms with E-state index < -0.39 is 0 Å². The van der Waals surface area contributed by atoms with Crippen molar-refractivity contribution in [2.24, 2.45) is 0 Å². The zero-order valence-corrected chi connectivity index (χ0v) is 11.6. The van der Waals surface area contributed by atoms with E-state index in [2.05, 4.69) is 43.4 Å². The molecule has 1 aliphatic rings. The molecule has 2 nitrogen and oxygen atoms in total. The Morgan fingerprint density at radius 3 is 2.94 bits per heavy atom. The zero-order valence-electron chi connectivity index (χ0n) is 11.6. The molecule has 2 heteroatoms. The van der Waals surface area contributed by atoms with Crippen molar-refractivity contribution in [3.8, 4) is 0 Å². The van der Waals surface area contributed by atoms with Crippen LogP contribution in [0.2, 0.25) is 0 Å². The third-order valence-corrected chi connectivity index (χ3v) is 3.56. The quantitative estimate of drug-likeness (QED) is 0.812. The van der Waals surface area contributed by atoms with Crippen molar-refractivity contribution in [3.05, 3.63) is 41.2 Å². The summed E-state index contributed by atoms with van der Waals surface area (Å²) in [7, 11) is 0. The van der Waals surface area contributed by atoms with Crippen LogP contribution in [0, 0.1) is 6.92 Å². The lowest BCUT2D eigenvalue weighted by Gasteiger charge is -2.21. The Hall–Kier alpha value is -1.15. The molecule has 1 aromatic heterocycles. The maximum absolute atomic E-state index is 4.69. The van der Waals surface area contributed by atoms with E-state index in [0.29, 0.717) is 6.04 Å². The molecular weight excluding hydrogens is 220 g/mol. The normalized spacial score (nSPS) is 18.0. The summed E-state index contributed by atoms with van der Waals surface area (Å²) in [5, 5.41) is 3.59. The number of nitrogens with one attached hydrogen (secondary N) is 1. The van der Waals surface area contributed by atoms with Gasteiger partial charge in [0.1, 0.15) is 0 Å². The van der Waals surface area contributed by atoms with Gasteiger partial charge in [0, 0.05) is 5.69 Å². The fourth-order valence-electron chi connectivity index (χ4n) is 2.66. The summed E-state index contributed by atoms with van der Waals surface area (Å²) in [4.78, 5) is 4.69. The third kappa shape index (κ3) is 3.42. The van der Waals surface area contributed by atoms with Gasteiger partial charge >= 0.3 is 0 Å². The smallest absolute Gasteiger partial charge is 0.0710 e. The zero-order chi connectivity index (χ0) is 12.8. The van der Waals surface area contributed by atoms with Crippen LogP contribution < -0.4 is 5.32 Å². The molecule has 1 N–H and O–H groups in total. The molecule has 0 bridgehead atoms. The lowest BCUT2D eigenvalue weighted by molar-refractivity contribution is 0.576. The van der Waals surface area contributed by atoms with Crippen LogP contribution in [0.4, 0.5) is 0 Å². The van der Waals surface area contributed by atoms with Crippen molar-refractivity contribution in [1.29, 1.82) is 0 Å². The van der Waals surface area contributed by atoms with Crippen molar-refractivity contribution in [2.45, 2.75) is 52.0 Å². The van der Waals surface area contributed by atoms with E-state index in [1.54, 1.807) is 0 Å². The minimum atomic E-state index is 0.313. The Bertz CT molecular complexity index is 409. The highest BCUT2D eigenvalue weighted by Crippen LogP contribution is 2.28. The number of hydrogen-bond acceptors (Lipinski definition) is 2. The fraction of sp³-hybridized carbons (Fsp3) is 0.562. The molecule has 1 heterocycles. The molecule has 0 spiro atoms. The molecule has 0 radical (unpaired) electrons. The van der Waals surface area contributed by atoms with Crippen molar-refractivity contribution >= 4 is 0 Å². The van der Waals surface area contributed by atoms with Gasteiger partial charge in [0.05, 0.1) is 11.7 Å². The standard InChI is InChI=1S/C16H24N2/c1-3-17-16(14-10-6-4-5-7-11-14)15-12-8-9-13(2)18-15/h8-10,12,16-17H,3-7,11H2,1-2H3. The second-order valence-electron chi connectivity index (χ2n) is 5.07. The van der Waals surface area contributed by atoms with E-state index in [1.807, 2.05) is 0 Å². The largest absolute Gasteiger partial charge is 0.306 e. The fourth-order valence-corrected chi connectivity index (χ4v) is 2.66. The van der Waals surface area contributed by atoms with Gasteiger partial charge in [-0.05, 0) is 51.3 Å². The van der Waals surface area contributed by atoms with Crippen LogP contribution in [-0.4, -0.2) is 11.5 Å². The first-order chi connectivity index (χ1) is 8.81. The van der Waals surface area contributed by atoms with E-state index >= 15 is 0 Å². The summed E-state index contributed by atoms with van der Waals surface area (Å²) in [6, 6.07) is 6.63. The SMILES string of the molecule is CCNC(C1=CCCCCC1)c1cccc(C)n1. The van der Waals surface area contributed by atoms with Gasteiger partial charge in [-0.15, -0.1) is 0 Å². The van der Waals surface area contributed by atoms with E-state index in [9.17, 15) is 0 Å². The van der Waals surface area contributed by atoms with Crippen molar-refractivity contribution in [1.82, 2.24) is 10.3 Å². The first kappa shape index (κ1) is 13.3. The van der Waals surface area contributed by atoms with Crippen molar-refractivity contribution in [3.63, 3.8) is 0 Å². The van der Waals surface area contributed by atoms with Crippen LogP contribution in [0.15, 0.2) is 29.8 Å². The summed E-state index contributed by atoms with van der Waals surface area (Å²) in [5.74, 6) is 0. The summed E-state index contributed by atoms with van der Waals surface area (Å²) < 4.78 is 0. The second-order valence-corrected chi connectivity index (χ2v) is 5.07. The topological polar surface area (TPSA) is 24.9 Å². The summed E-state index contributed by atoms with van der Waals surface area (Å²) in [6.07, 6.45) is 8.89. The van der Waals surface area contributed by atoms with Gasteiger partial charge in [0.25, 0.3) is 0 Å². The maximum atomic E-state index is 4.69. The van der Waals surface area contributed by atoms with Gasteiger partial charge in [-0.2, -0.15) is 0 Å². The molecule has 2 rings (SSSR count). The highest BCUT2D eigenvalue weighted by atomic mass is 14.9. The number of rotatable bonds is 4. The summed E-state index contributed by atoms with van der Waals surface area (Å²) in [6.45, 7) is 5.21. The average Bonchev–Trinajstić information content (AvgIpc) is 2.64. The second kappa shape index (κ2) is 6.69. The van der Waals surface area contributed by atoms with E-state index in [4.69, 9.17) is 4.98 Å². The Morgan fingerprint density at radius 2 is 2.17 bits per heavy atom. The molecule has 98 valence electrons. The van der Waals surface area contributed by atoms with Crippen LogP contribution in [-0.2, 0) is 0 Å². The lowest BCUT2D eigenvalue weighted by atomic mass is 9.98. The lowest BCUT2D eigenvalue weighted by Crippen LogP contribution is -2.24. The van der Waals surface area contributed by atoms with Gasteiger partial charge in [-0.1, -0.05) is 31.1 Å². The highest BCUT2D eigenvalue weighted by Gasteiger charge is 2.17. The highest BCUT2D eigenvalue weighted by molar-refractivity contribution is 5.24.